The molecule has 1 atom stereocenters. The number of esters is 1. The van der Waals surface area contributed by atoms with Gasteiger partial charge in [-0.25, -0.2) is 0 Å². The molecule has 16 heavy (non-hydrogen) atoms. The molecule has 1 rings (SSSR count). The Bertz CT molecular complexity index is 231. The highest BCUT2D eigenvalue weighted by molar-refractivity contribution is 7.99. The summed E-state index contributed by atoms with van der Waals surface area (Å²) in [5.41, 5.74) is 6.02. The minimum Gasteiger partial charge on any atom is -0.469 e. The lowest BCUT2D eigenvalue weighted by Crippen LogP contribution is -2.28. The highest BCUT2D eigenvalue weighted by Crippen LogP contribution is 2.51. The van der Waals surface area contributed by atoms with Gasteiger partial charge in [-0.05, 0) is 24.0 Å². The van der Waals surface area contributed by atoms with E-state index in [4.69, 9.17) is 15.2 Å². The Hall–Kier alpha value is -0.260. The summed E-state index contributed by atoms with van der Waals surface area (Å²) in [7, 11) is 3.10. The van der Waals surface area contributed by atoms with E-state index in [2.05, 4.69) is 0 Å². The van der Waals surface area contributed by atoms with Gasteiger partial charge >= 0.3 is 5.97 Å². The summed E-state index contributed by atoms with van der Waals surface area (Å²) in [5.74, 6) is 1.79. The van der Waals surface area contributed by atoms with Crippen LogP contribution in [-0.4, -0.2) is 44.3 Å². The Kier molecular flexibility index (Phi) is 5.58. The minimum absolute atomic E-state index is 0.0870. The zero-order valence-corrected chi connectivity index (χ0v) is 10.8. The van der Waals surface area contributed by atoms with Crippen LogP contribution in [0.4, 0.5) is 0 Å². The predicted octanol–water partition coefficient (Wildman–Crippen LogP) is 1.04. The van der Waals surface area contributed by atoms with Crippen LogP contribution in [0.5, 0.6) is 0 Å². The number of thioether (sulfide) groups is 1. The summed E-state index contributed by atoms with van der Waals surface area (Å²) in [6.45, 7) is 0.594. The summed E-state index contributed by atoms with van der Waals surface area (Å²) < 4.78 is 9.67. The minimum atomic E-state index is -0.0979. The average Bonchev–Trinajstić information content (AvgIpc) is 2.98. The first kappa shape index (κ1) is 13.8. The number of hydrogen-bond acceptors (Lipinski definition) is 5. The molecular formula is C11H21NO3S. The molecule has 0 heterocycles. The number of carbonyl (C=O) groups excluding carboxylic acids is 1. The van der Waals surface area contributed by atoms with Gasteiger partial charge < -0.3 is 15.2 Å². The lowest BCUT2D eigenvalue weighted by molar-refractivity contribution is -0.141. The third kappa shape index (κ3) is 4.72. The first-order valence-corrected chi connectivity index (χ1v) is 6.66. The second-order valence-corrected chi connectivity index (χ2v) is 5.51. The number of nitrogens with two attached hydrogens (primary N) is 1. The second kappa shape index (κ2) is 6.47. The maximum absolute atomic E-state index is 11.2. The zero-order valence-electron chi connectivity index (χ0n) is 10.0. The standard InChI is InChI=1S/C11H21NO3S/c1-14-6-9(12)7-16-8-11(3-4-11)5-10(13)15-2/h9H,3-8,12H2,1-2H3. The number of hydrogen-bond donors (Lipinski definition) is 1. The molecule has 0 amide bonds. The SMILES string of the molecule is COCC(N)CSCC1(CC(=O)OC)CC1. The van der Waals surface area contributed by atoms with Gasteiger partial charge in [0.15, 0.2) is 0 Å². The summed E-state index contributed by atoms with van der Waals surface area (Å²) in [4.78, 5) is 11.2. The third-order valence-electron chi connectivity index (χ3n) is 2.83. The average molecular weight is 247 g/mol. The van der Waals surface area contributed by atoms with Crippen molar-refractivity contribution in [1.82, 2.24) is 0 Å². The lowest BCUT2D eigenvalue weighted by atomic mass is 10.1. The maximum Gasteiger partial charge on any atom is 0.306 e. The predicted molar refractivity (Wildman–Crippen MR) is 65.5 cm³/mol. The number of ether oxygens (including phenoxy) is 2. The van der Waals surface area contributed by atoms with E-state index in [1.807, 2.05) is 11.8 Å². The molecule has 0 aliphatic heterocycles. The van der Waals surface area contributed by atoms with Gasteiger partial charge in [0, 0.05) is 18.9 Å². The molecule has 0 bridgehead atoms. The van der Waals surface area contributed by atoms with E-state index < -0.39 is 0 Å². The molecule has 2 N–H and O–H groups in total. The molecule has 0 radical (unpaired) electrons. The second-order valence-electron chi connectivity index (χ2n) is 4.48. The van der Waals surface area contributed by atoms with Crippen molar-refractivity contribution in [3.63, 3.8) is 0 Å². The quantitative estimate of drug-likeness (QED) is 0.649. The summed E-state index contributed by atoms with van der Waals surface area (Å²) in [6, 6.07) is 0.0870. The van der Waals surface area contributed by atoms with Crippen molar-refractivity contribution in [2.24, 2.45) is 11.1 Å². The van der Waals surface area contributed by atoms with Crippen molar-refractivity contribution in [2.45, 2.75) is 25.3 Å². The molecule has 0 aromatic heterocycles. The van der Waals surface area contributed by atoms with Crippen molar-refractivity contribution in [3.8, 4) is 0 Å². The largest absolute Gasteiger partial charge is 0.469 e. The Morgan fingerprint density at radius 2 is 2.19 bits per heavy atom. The van der Waals surface area contributed by atoms with Crippen molar-refractivity contribution < 1.29 is 14.3 Å². The third-order valence-corrected chi connectivity index (χ3v) is 4.31. The van der Waals surface area contributed by atoms with Crippen LogP contribution in [0.1, 0.15) is 19.3 Å². The van der Waals surface area contributed by atoms with Gasteiger partial charge in [-0.1, -0.05) is 0 Å². The molecule has 0 spiro atoms. The van der Waals surface area contributed by atoms with Crippen molar-refractivity contribution in [3.05, 3.63) is 0 Å². The van der Waals surface area contributed by atoms with E-state index in [0.29, 0.717) is 13.0 Å². The number of carbonyl (C=O) groups is 1. The van der Waals surface area contributed by atoms with E-state index in [0.717, 1.165) is 24.3 Å². The molecule has 1 aliphatic carbocycles. The monoisotopic (exact) mass is 247 g/mol. The first-order valence-electron chi connectivity index (χ1n) is 5.51. The van der Waals surface area contributed by atoms with Crippen LogP contribution in [-0.2, 0) is 14.3 Å². The number of rotatable bonds is 8. The highest BCUT2D eigenvalue weighted by atomic mass is 32.2. The Balaban J connectivity index is 2.14. The van der Waals surface area contributed by atoms with Crippen LogP contribution < -0.4 is 5.73 Å². The van der Waals surface area contributed by atoms with E-state index in [9.17, 15) is 4.79 Å². The van der Waals surface area contributed by atoms with Gasteiger partial charge in [-0.2, -0.15) is 11.8 Å². The van der Waals surface area contributed by atoms with E-state index in [1.54, 1.807) is 7.11 Å². The molecule has 94 valence electrons. The Morgan fingerprint density at radius 3 is 2.69 bits per heavy atom. The smallest absolute Gasteiger partial charge is 0.306 e. The van der Waals surface area contributed by atoms with Gasteiger partial charge in [0.25, 0.3) is 0 Å². The fourth-order valence-corrected chi connectivity index (χ4v) is 2.96. The van der Waals surface area contributed by atoms with Gasteiger partial charge in [0.05, 0.1) is 20.1 Å². The van der Waals surface area contributed by atoms with Gasteiger partial charge in [0.1, 0.15) is 0 Å². The molecule has 5 heteroatoms. The normalized spacial score (nSPS) is 19.2. The maximum atomic E-state index is 11.2. The highest BCUT2D eigenvalue weighted by Gasteiger charge is 2.44. The van der Waals surface area contributed by atoms with E-state index in [1.165, 1.54) is 7.11 Å². The summed E-state index contributed by atoms with van der Waals surface area (Å²) >= 11 is 1.81. The van der Waals surface area contributed by atoms with E-state index in [-0.39, 0.29) is 17.4 Å². The van der Waals surface area contributed by atoms with Crippen LogP contribution in [0.3, 0.4) is 0 Å². The van der Waals surface area contributed by atoms with E-state index >= 15 is 0 Å². The Labute approximate surface area is 101 Å². The summed E-state index contributed by atoms with van der Waals surface area (Å²) in [5, 5.41) is 0. The summed E-state index contributed by atoms with van der Waals surface area (Å²) in [6.07, 6.45) is 2.82. The molecule has 0 saturated heterocycles. The van der Waals surface area contributed by atoms with Crippen LogP contribution >= 0.6 is 11.8 Å². The first-order chi connectivity index (χ1) is 7.62. The van der Waals surface area contributed by atoms with Crippen LogP contribution in [0, 0.1) is 5.41 Å². The molecule has 0 aromatic carbocycles. The fourth-order valence-electron chi connectivity index (χ4n) is 1.62. The van der Waals surface area contributed by atoms with Gasteiger partial charge in [-0.3, -0.25) is 4.79 Å². The number of methoxy groups -OCH3 is 2. The van der Waals surface area contributed by atoms with Crippen LogP contribution in [0.25, 0.3) is 0 Å². The van der Waals surface area contributed by atoms with Crippen molar-refractivity contribution >= 4 is 17.7 Å². The molecule has 1 fully saturated rings. The molecular weight excluding hydrogens is 226 g/mol. The molecule has 1 aliphatic rings. The lowest BCUT2D eigenvalue weighted by Gasteiger charge is -2.15. The topological polar surface area (TPSA) is 61.5 Å². The zero-order chi connectivity index (χ0) is 12.0. The van der Waals surface area contributed by atoms with Crippen LogP contribution in [0.15, 0.2) is 0 Å². The van der Waals surface area contributed by atoms with Crippen LogP contribution in [0.2, 0.25) is 0 Å². The molecule has 4 nitrogen and oxygen atoms in total. The van der Waals surface area contributed by atoms with Crippen molar-refractivity contribution in [1.29, 1.82) is 0 Å². The molecule has 1 saturated carbocycles. The fraction of sp³-hybridized carbons (Fsp3) is 0.909. The Morgan fingerprint density at radius 1 is 1.50 bits per heavy atom. The van der Waals surface area contributed by atoms with Gasteiger partial charge in [0.2, 0.25) is 0 Å². The molecule has 1 unspecified atom stereocenters. The molecule has 0 aromatic rings. The van der Waals surface area contributed by atoms with Crippen molar-refractivity contribution in [2.75, 3.05) is 32.3 Å². The van der Waals surface area contributed by atoms with Gasteiger partial charge in [-0.15, -0.1) is 0 Å².